The van der Waals surface area contributed by atoms with Gasteiger partial charge in [0.1, 0.15) is 0 Å². The first-order chi connectivity index (χ1) is 6.49. The molecule has 1 amide bonds. The van der Waals surface area contributed by atoms with Crippen molar-refractivity contribution < 1.29 is 4.79 Å². The summed E-state index contributed by atoms with van der Waals surface area (Å²) in [5.74, 6) is 0.483. The van der Waals surface area contributed by atoms with Crippen LogP contribution < -0.4 is 5.73 Å². The van der Waals surface area contributed by atoms with Gasteiger partial charge in [-0.05, 0) is 18.3 Å². The summed E-state index contributed by atoms with van der Waals surface area (Å²) in [7, 11) is 1.85. The second kappa shape index (κ2) is 4.30. The zero-order chi connectivity index (χ0) is 10.8. The molecule has 0 aromatic carbocycles. The molecule has 0 saturated heterocycles. The van der Waals surface area contributed by atoms with Gasteiger partial charge < -0.3 is 10.6 Å². The Hall–Kier alpha value is -0.570. The Bertz CT molecular complexity index is 213. The number of hydrogen-bond donors (Lipinski definition) is 1. The lowest BCUT2D eigenvalue weighted by molar-refractivity contribution is -0.136. The van der Waals surface area contributed by atoms with E-state index < -0.39 is 0 Å². The average molecular weight is 198 g/mol. The van der Waals surface area contributed by atoms with Gasteiger partial charge in [-0.25, -0.2) is 0 Å². The summed E-state index contributed by atoms with van der Waals surface area (Å²) in [4.78, 5) is 13.8. The molecule has 3 heteroatoms. The maximum absolute atomic E-state index is 12.0. The van der Waals surface area contributed by atoms with Crippen LogP contribution in [0, 0.1) is 11.3 Å². The maximum Gasteiger partial charge on any atom is 0.226 e. The molecule has 1 unspecified atom stereocenters. The van der Waals surface area contributed by atoms with Crippen LogP contribution in [0.4, 0.5) is 0 Å². The number of nitrogens with zero attached hydrogens (tertiary/aromatic N) is 1. The predicted molar refractivity (Wildman–Crippen MR) is 57.8 cm³/mol. The van der Waals surface area contributed by atoms with Crippen molar-refractivity contribution in [1.82, 2.24) is 4.90 Å². The van der Waals surface area contributed by atoms with Crippen molar-refractivity contribution in [2.45, 2.75) is 33.1 Å². The molecule has 1 saturated carbocycles. The molecule has 1 fully saturated rings. The van der Waals surface area contributed by atoms with Crippen molar-refractivity contribution in [2.24, 2.45) is 17.1 Å². The molecule has 0 aromatic rings. The third-order valence-corrected chi connectivity index (χ3v) is 3.40. The first kappa shape index (κ1) is 11.5. The van der Waals surface area contributed by atoms with Gasteiger partial charge in [-0.15, -0.1) is 0 Å². The zero-order valence-electron chi connectivity index (χ0n) is 9.55. The van der Waals surface area contributed by atoms with Gasteiger partial charge in [0.25, 0.3) is 0 Å². The third-order valence-electron chi connectivity index (χ3n) is 3.40. The van der Waals surface area contributed by atoms with E-state index in [1.54, 1.807) is 4.90 Å². The highest BCUT2D eigenvalue weighted by Gasteiger charge is 2.40. The Labute approximate surface area is 86.6 Å². The highest BCUT2D eigenvalue weighted by atomic mass is 16.2. The Morgan fingerprint density at radius 2 is 2.21 bits per heavy atom. The molecule has 3 nitrogen and oxygen atoms in total. The first-order valence-electron chi connectivity index (χ1n) is 5.44. The minimum Gasteiger partial charge on any atom is -0.344 e. The summed E-state index contributed by atoms with van der Waals surface area (Å²) >= 11 is 0. The molecule has 1 atom stereocenters. The van der Waals surface area contributed by atoms with Crippen LogP contribution in [0.2, 0.25) is 0 Å². The largest absolute Gasteiger partial charge is 0.344 e. The van der Waals surface area contributed by atoms with Gasteiger partial charge in [-0.1, -0.05) is 20.3 Å². The molecule has 0 aromatic heterocycles. The number of nitrogens with two attached hydrogens (primary N) is 1. The van der Waals surface area contributed by atoms with Crippen LogP contribution in [-0.4, -0.2) is 30.9 Å². The van der Waals surface area contributed by atoms with Gasteiger partial charge in [0.05, 0.1) is 0 Å². The maximum atomic E-state index is 12.0. The highest BCUT2D eigenvalue weighted by molar-refractivity contribution is 5.79. The molecule has 1 aliphatic carbocycles. The SMILES string of the molecule is CN(CCN)C(=O)C1CCCC1(C)C. The number of amides is 1. The van der Waals surface area contributed by atoms with Crippen LogP contribution in [0.1, 0.15) is 33.1 Å². The summed E-state index contributed by atoms with van der Waals surface area (Å²) in [5.41, 5.74) is 5.62. The number of rotatable bonds is 3. The van der Waals surface area contributed by atoms with Crippen LogP contribution >= 0.6 is 0 Å². The fraction of sp³-hybridized carbons (Fsp3) is 0.909. The van der Waals surface area contributed by atoms with E-state index in [0.717, 1.165) is 6.42 Å². The standard InChI is InChI=1S/C11H22N2O/c1-11(2)6-4-5-9(11)10(14)13(3)8-7-12/h9H,4-8,12H2,1-3H3. The minimum absolute atomic E-state index is 0.180. The average Bonchev–Trinajstić information content (AvgIpc) is 2.44. The molecule has 82 valence electrons. The number of likely N-dealkylation sites (N-methyl/N-ethyl adjacent to an activating group) is 1. The van der Waals surface area contributed by atoms with E-state index in [-0.39, 0.29) is 17.2 Å². The lowest BCUT2D eigenvalue weighted by atomic mass is 9.81. The van der Waals surface area contributed by atoms with Crippen molar-refractivity contribution in [1.29, 1.82) is 0 Å². The monoisotopic (exact) mass is 198 g/mol. The Morgan fingerprint density at radius 1 is 1.57 bits per heavy atom. The van der Waals surface area contributed by atoms with Crippen LogP contribution in [0.25, 0.3) is 0 Å². The van der Waals surface area contributed by atoms with Gasteiger partial charge in [0.2, 0.25) is 5.91 Å². The summed E-state index contributed by atoms with van der Waals surface area (Å²) < 4.78 is 0. The van der Waals surface area contributed by atoms with Crippen molar-refractivity contribution in [2.75, 3.05) is 20.1 Å². The van der Waals surface area contributed by atoms with E-state index in [2.05, 4.69) is 13.8 Å². The molecule has 0 aliphatic heterocycles. The zero-order valence-corrected chi connectivity index (χ0v) is 9.55. The topological polar surface area (TPSA) is 46.3 Å². The van der Waals surface area contributed by atoms with Crippen molar-refractivity contribution in [3.8, 4) is 0 Å². The van der Waals surface area contributed by atoms with Gasteiger partial charge >= 0.3 is 0 Å². The fourth-order valence-electron chi connectivity index (χ4n) is 2.35. The van der Waals surface area contributed by atoms with Crippen LogP contribution in [0.5, 0.6) is 0 Å². The van der Waals surface area contributed by atoms with Gasteiger partial charge in [0.15, 0.2) is 0 Å². The highest BCUT2D eigenvalue weighted by Crippen LogP contribution is 2.43. The van der Waals surface area contributed by atoms with E-state index in [1.165, 1.54) is 12.8 Å². The summed E-state index contributed by atoms with van der Waals surface area (Å²) in [5, 5.41) is 0. The van der Waals surface area contributed by atoms with E-state index in [4.69, 9.17) is 5.73 Å². The van der Waals surface area contributed by atoms with Crippen molar-refractivity contribution in [3.05, 3.63) is 0 Å². The molecule has 0 radical (unpaired) electrons. The van der Waals surface area contributed by atoms with E-state index in [9.17, 15) is 4.79 Å². The summed E-state index contributed by atoms with van der Waals surface area (Å²) in [6.07, 6.45) is 3.39. The summed E-state index contributed by atoms with van der Waals surface area (Å²) in [6, 6.07) is 0. The summed E-state index contributed by atoms with van der Waals surface area (Å²) in [6.45, 7) is 5.61. The van der Waals surface area contributed by atoms with Gasteiger partial charge in [0, 0.05) is 26.1 Å². The second-order valence-electron chi connectivity index (χ2n) is 4.98. The predicted octanol–water partition coefficient (Wildman–Crippen LogP) is 1.23. The lowest BCUT2D eigenvalue weighted by Gasteiger charge is -2.29. The second-order valence-corrected chi connectivity index (χ2v) is 4.98. The normalized spacial score (nSPS) is 25.0. The Kier molecular flexibility index (Phi) is 3.53. The first-order valence-corrected chi connectivity index (χ1v) is 5.44. The molecule has 0 heterocycles. The molecule has 1 aliphatic rings. The van der Waals surface area contributed by atoms with E-state index in [0.29, 0.717) is 13.1 Å². The third kappa shape index (κ3) is 2.27. The smallest absolute Gasteiger partial charge is 0.226 e. The Morgan fingerprint density at radius 3 is 2.64 bits per heavy atom. The molecular formula is C11H22N2O. The van der Waals surface area contributed by atoms with E-state index >= 15 is 0 Å². The number of carbonyl (C=O) groups excluding carboxylic acids is 1. The van der Waals surface area contributed by atoms with Crippen LogP contribution in [-0.2, 0) is 4.79 Å². The van der Waals surface area contributed by atoms with Crippen LogP contribution in [0.15, 0.2) is 0 Å². The Balaban J connectivity index is 2.60. The molecule has 1 rings (SSSR count). The quantitative estimate of drug-likeness (QED) is 0.741. The van der Waals surface area contributed by atoms with Gasteiger partial charge in [-0.3, -0.25) is 4.79 Å². The van der Waals surface area contributed by atoms with Crippen molar-refractivity contribution in [3.63, 3.8) is 0 Å². The number of carbonyl (C=O) groups is 1. The lowest BCUT2D eigenvalue weighted by Crippen LogP contribution is -2.39. The molecule has 0 spiro atoms. The molecule has 14 heavy (non-hydrogen) atoms. The van der Waals surface area contributed by atoms with E-state index in [1.807, 2.05) is 7.05 Å². The molecule has 2 N–H and O–H groups in total. The number of hydrogen-bond acceptors (Lipinski definition) is 2. The fourth-order valence-corrected chi connectivity index (χ4v) is 2.35. The van der Waals surface area contributed by atoms with Gasteiger partial charge in [-0.2, -0.15) is 0 Å². The van der Waals surface area contributed by atoms with Crippen molar-refractivity contribution >= 4 is 5.91 Å². The molecular weight excluding hydrogens is 176 g/mol. The minimum atomic E-state index is 0.180. The van der Waals surface area contributed by atoms with Crippen LogP contribution in [0.3, 0.4) is 0 Å². The molecule has 0 bridgehead atoms.